The molecule has 2 aliphatic rings. The fourth-order valence-electron chi connectivity index (χ4n) is 4.48. The molecule has 34 heavy (non-hydrogen) atoms. The Labute approximate surface area is 200 Å². The molecular weight excluding hydrogens is 460 g/mol. The first kappa shape index (κ1) is 26.0. The van der Waals surface area contributed by atoms with Crippen molar-refractivity contribution in [3.8, 4) is 5.75 Å². The number of fused-ring (bicyclic) bond motifs is 1. The number of rotatable bonds is 9. The lowest BCUT2D eigenvalue weighted by atomic mass is 10.0. The number of carbonyl (C=O) groups excluding carboxylic acids is 3. The van der Waals surface area contributed by atoms with Crippen LogP contribution in [0.4, 0.5) is 0 Å². The summed E-state index contributed by atoms with van der Waals surface area (Å²) in [6.07, 6.45) is 3.64. The number of sulfone groups is 1. The minimum atomic E-state index is -3.32. The van der Waals surface area contributed by atoms with Crippen LogP contribution in [0, 0.1) is 5.92 Å². The minimum Gasteiger partial charge on any atom is -0.491 e. The summed E-state index contributed by atoms with van der Waals surface area (Å²) in [6, 6.07) is 4.96. The van der Waals surface area contributed by atoms with Gasteiger partial charge in [0, 0.05) is 31.2 Å². The van der Waals surface area contributed by atoms with Gasteiger partial charge in [0.25, 0.3) is 0 Å². The topological polar surface area (TPSA) is 148 Å². The maximum Gasteiger partial charge on any atom is 0.243 e. The zero-order valence-corrected chi connectivity index (χ0v) is 20.5. The summed E-state index contributed by atoms with van der Waals surface area (Å²) in [6.45, 7) is 3.33. The van der Waals surface area contributed by atoms with E-state index in [0.717, 1.165) is 25.6 Å². The molecule has 0 saturated carbocycles. The van der Waals surface area contributed by atoms with Gasteiger partial charge >= 0.3 is 0 Å². The third-order valence-electron chi connectivity index (χ3n) is 6.37. The molecular formula is C23H34N4O6S. The second-order valence-electron chi connectivity index (χ2n) is 9.15. The summed E-state index contributed by atoms with van der Waals surface area (Å²) in [7, 11) is -3.32. The van der Waals surface area contributed by atoms with Gasteiger partial charge in [-0.3, -0.25) is 14.4 Å². The molecule has 0 aliphatic carbocycles. The van der Waals surface area contributed by atoms with E-state index in [4.69, 9.17) is 10.5 Å². The van der Waals surface area contributed by atoms with Gasteiger partial charge in [-0.25, -0.2) is 8.42 Å². The highest BCUT2D eigenvalue weighted by Crippen LogP contribution is 2.29. The van der Waals surface area contributed by atoms with Crippen LogP contribution in [0.25, 0.3) is 0 Å². The molecule has 2 fully saturated rings. The van der Waals surface area contributed by atoms with Crippen LogP contribution in [0.3, 0.4) is 0 Å². The van der Waals surface area contributed by atoms with Crippen LogP contribution in [-0.4, -0.2) is 75.1 Å². The van der Waals surface area contributed by atoms with Crippen molar-refractivity contribution in [2.45, 2.75) is 62.0 Å². The van der Waals surface area contributed by atoms with E-state index in [9.17, 15) is 22.8 Å². The number of carbonyl (C=O) groups is 3. The molecule has 1 aromatic rings. The predicted molar refractivity (Wildman–Crippen MR) is 126 cm³/mol. The van der Waals surface area contributed by atoms with Gasteiger partial charge in [-0.05, 0) is 56.5 Å². The SMILES string of the molecule is C[C@H]1CNCC[C@H]2CC[C@@H](C(=O)N[C@@H](CCC(N)=O)COc3ccc(S(C)(=O)=O)cc3)N2C1=O. The fourth-order valence-corrected chi connectivity index (χ4v) is 5.11. The average Bonchev–Trinajstić information content (AvgIpc) is 3.20. The monoisotopic (exact) mass is 494 g/mol. The smallest absolute Gasteiger partial charge is 0.243 e. The largest absolute Gasteiger partial charge is 0.491 e. The standard InChI is InChI=1S/C23H34N4O6S/c1-15-13-25-12-11-17-4-9-20(27(17)23(15)30)22(29)26-16(3-10-21(24)28)14-33-18-5-7-19(8-6-18)34(2,31)32/h5-8,15-17,20,25H,3-4,9-14H2,1-2H3,(H2,24,28)(H,26,29)/t15-,16-,17+,20-/m0/s1. The number of amides is 3. The molecule has 2 heterocycles. The molecule has 0 spiro atoms. The van der Waals surface area contributed by atoms with Crippen LogP contribution in [0.5, 0.6) is 5.75 Å². The van der Waals surface area contributed by atoms with E-state index >= 15 is 0 Å². The number of nitrogens with zero attached hydrogens (tertiary/aromatic N) is 1. The molecule has 0 bridgehead atoms. The molecule has 4 atom stereocenters. The zero-order valence-electron chi connectivity index (χ0n) is 19.7. The Bertz CT molecular complexity index is 997. The molecule has 3 rings (SSSR count). The first-order valence-corrected chi connectivity index (χ1v) is 13.5. The fraction of sp³-hybridized carbons (Fsp3) is 0.609. The van der Waals surface area contributed by atoms with Crippen molar-refractivity contribution in [2.24, 2.45) is 11.7 Å². The van der Waals surface area contributed by atoms with Gasteiger partial charge in [0.05, 0.1) is 10.9 Å². The Balaban J connectivity index is 1.66. The van der Waals surface area contributed by atoms with Crippen LogP contribution >= 0.6 is 0 Å². The van der Waals surface area contributed by atoms with Crippen molar-refractivity contribution >= 4 is 27.6 Å². The van der Waals surface area contributed by atoms with Crippen molar-refractivity contribution in [1.82, 2.24) is 15.5 Å². The number of hydrogen-bond acceptors (Lipinski definition) is 7. The normalized spacial score (nSPS) is 24.0. The highest BCUT2D eigenvalue weighted by Gasteiger charge is 2.42. The van der Waals surface area contributed by atoms with Gasteiger partial charge in [-0.2, -0.15) is 0 Å². The van der Waals surface area contributed by atoms with E-state index in [1.807, 2.05) is 6.92 Å². The van der Waals surface area contributed by atoms with Crippen molar-refractivity contribution in [3.05, 3.63) is 24.3 Å². The lowest BCUT2D eigenvalue weighted by Gasteiger charge is -2.34. The van der Waals surface area contributed by atoms with Gasteiger partial charge in [0.2, 0.25) is 17.7 Å². The molecule has 188 valence electrons. The number of benzene rings is 1. The second-order valence-corrected chi connectivity index (χ2v) is 11.2. The van der Waals surface area contributed by atoms with Crippen molar-refractivity contribution in [1.29, 1.82) is 0 Å². The van der Waals surface area contributed by atoms with Gasteiger partial charge in [0.15, 0.2) is 9.84 Å². The highest BCUT2D eigenvalue weighted by molar-refractivity contribution is 7.90. The quantitative estimate of drug-likeness (QED) is 0.444. The number of primary amides is 1. The van der Waals surface area contributed by atoms with Gasteiger partial charge < -0.3 is 26.0 Å². The predicted octanol–water partition coefficient (Wildman–Crippen LogP) is 0.208. The summed E-state index contributed by atoms with van der Waals surface area (Å²) in [5.74, 6) is -0.544. The van der Waals surface area contributed by atoms with E-state index in [1.54, 1.807) is 17.0 Å². The highest BCUT2D eigenvalue weighted by atomic mass is 32.2. The molecule has 11 heteroatoms. The van der Waals surface area contributed by atoms with Crippen molar-refractivity contribution in [2.75, 3.05) is 26.0 Å². The summed E-state index contributed by atoms with van der Waals surface area (Å²) < 4.78 is 29.0. The molecule has 4 N–H and O–H groups in total. The average molecular weight is 495 g/mol. The number of nitrogens with two attached hydrogens (primary N) is 1. The summed E-state index contributed by atoms with van der Waals surface area (Å²) in [5, 5.41) is 6.23. The third-order valence-corrected chi connectivity index (χ3v) is 7.50. The van der Waals surface area contributed by atoms with Gasteiger partial charge in [0.1, 0.15) is 18.4 Å². The molecule has 3 amide bonds. The van der Waals surface area contributed by atoms with E-state index in [0.29, 0.717) is 18.7 Å². The van der Waals surface area contributed by atoms with E-state index < -0.39 is 27.8 Å². The van der Waals surface area contributed by atoms with Crippen LogP contribution in [0.15, 0.2) is 29.2 Å². The Morgan fingerprint density at radius 3 is 2.59 bits per heavy atom. The van der Waals surface area contributed by atoms with Gasteiger partial charge in [-0.1, -0.05) is 6.92 Å². The second kappa shape index (κ2) is 11.2. The van der Waals surface area contributed by atoms with Crippen LogP contribution in [0.2, 0.25) is 0 Å². The minimum absolute atomic E-state index is 0.0225. The summed E-state index contributed by atoms with van der Waals surface area (Å²) in [4.78, 5) is 39.5. The Hall–Kier alpha value is -2.66. The zero-order chi connectivity index (χ0) is 24.9. The molecule has 2 aliphatic heterocycles. The molecule has 0 aromatic heterocycles. The van der Waals surface area contributed by atoms with Crippen molar-refractivity contribution < 1.29 is 27.5 Å². The molecule has 1 aromatic carbocycles. The molecule has 0 radical (unpaired) electrons. The summed E-state index contributed by atoms with van der Waals surface area (Å²) in [5.41, 5.74) is 5.30. The maximum absolute atomic E-state index is 13.2. The molecule has 2 saturated heterocycles. The number of ether oxygens (including phenoxy) is 1. The first-order chi connectivity index (χ1) is 16.1. The maximum atomic E-state index is 13.2. The Morgan fingerprint density at radius 2 is 1.94 bits per heavy atom. The third kappa shape index (κ3) is 6.69. The Morgan fingerprint density at radius 1 is 1.24 bits per heavy atom. The van der Waals surface area contributed by atoms with E-state index in [-0.39, 0.29) is 48.1 Å². The molecule has 10 nitrogen and oxygen atoms in total. The van der Waals surface area contributed by atoms with Crippen LogP contribution in [0.1, 0.15) is 39.0 Å². The first-order valence-electron chi connectivity index (χ1n) is 11.6. The number of nitrogens with one attached hydrogen (secondary N) is 2. The van der Waals surface area contributed by atoms with Gasteiger partial charge in [-0.15, -0.1) is 0 Å². The lowest BCUT2D eigenvalue weighted by Crippen LogP contribution is -2.55. The molecule has 0 unspecified atom stereocenters. The number of hydrogen-bond donors (Lipinski definition) is 3. The van der Waals surface area contributed by atoms with Crippen molar-refractivity contribution in [3.63, 3.8) is 0 Å². The Kier molecular flexibility index (Phi) is 8.53. The summed E-state index contributed by atoms with van der Waals surface area (Å²) >= 11 is 0. The van der Waals surface area contributed by atoms with Crippen LogP contribution < -0.4 is 21.1 Å². The van der Waals surface area contributed by atoms with E-state index in [1.165, 1.54) is 12.1 Å². The van der Waals surface area contributed by atoms with E-state index in [2.05, 4.69) is 10.6 Å². The lowest BCUT2D eigenvalue weighted by molar-refractivity contribution is -0.144. The van der Waals surface area contributed by atoms with Crippen LogP contribution in [-0.2, 0) is 24.2 Å².